The first-order chi connectivity index (χ1) is 14.8. The molecular formula is C24H24F3N3O. The highest BCUT2D eigenvalue weighted by Gasteiger charge is 2.33. The third-order valence-corrected chi connectivity index (χ3v) is 6.02. The second-order valence-corrected chi connectivity index (χ2v) is 8.32. The average molecular weight is 427 g/mol. The lowest BCUT2D eigenvalue weighted by Gasteiger charge is -2.28. The van der Waals surface area contributed by atoms with Crippen LogP contribution in [0.25, 0.3) is 22.6 Å². The van der Waals surface area contributed by atoms with Crippen molar-refractivity contribution in [3.63, 3.8) is 0 Å². The number of H-pyrrole nitrogens is 1. The minimum atomic E-state index is -4.45. The molecule has 7 heteroatoms. The van der Waals surface area contributed by atoms with Gasteiger partial charge in [-0.05, 0) is 62.1 Å². The number of carbonyl (C=O) groups excluding carboxylic acids is 1. The topological polar surface area (TPSA) is 58.6 Å². The number of pyridine rings is 1. The highest BCUT2D eigenvalue weighted by atomic mass is 19.4. The minimum absolute atomic E-state index is 0.141. The predicted octanol–water partition coefficient (Wildman–Crippen LogP) is 6.41. The van der Waals surface area contributed by atoms with E-state index in [0.29, 0.717) is 23.8 Å². The zero-order valence-corrected chi connectivity index (χ0v) is 17.2. The second-order valence-electron chi connectivity index (χ2n) is 8.32. The van der Waals surface area contributed by atoms with Gasteiger partial charge < -0.3 is 9.78 Å². The van der Waals surface area contributed by atoms with Crippen molar-refractivity contribution < 1.29 is 18.0 Å². The molecule has 0 unspecified atom stereocenters. The molecule has 1 aromatic carbocycles. The van der Waals surface area contributed by atoms with Gasteiger partial charge in [-0.15, -0.1) is 0 Å². The molecule has 1 N–H and O–H groups in total. The van der Waals surface area contributed by atoms with Crippen molar-refractivity contribution in [1.29, 1.82) is 0 Å². The number of ketones is 1. The number of carbonyl (C=O) groups is 1. The van der Waals surface area contributed by atoms with E-state index in [1.165, 1.54) is 11.8 Å². The Kier molecular flexibility index (Phi) is 5.94. The summed E-state index contributed by atoms with van der Waals surface area (Å²) in [6.07, 6.45) is 2.96. The summed E-state index contributed by atoms with van der Waals surface area (Å²) in [5, 5.41) is 0. The first-order valence-corrected chi connectivity index (χ1v) is 10.5. The number of benzene rings is 1. The molecule has 4 rings (SSSR count). The number of rotatable bonds is 5. The predicted molar refractivity (Wildman–Crippen MR) is 112 cm³/mol. The molecule has 1 aliphatic rings. The van der Waals surface area contributed by atoms with Crippen LogP contribution >= 0.6 is 0 Å². The lowest BCUT2D eigenvalue weighted by atomic mass is 9.77. The van der Waals surface area contributed by atoms with Crippen molar-refractivity contribution in [1.82, 2.24) is 15.0 Å². The molecule has 0 aliphatic heterocycles. The Hall–Kier alpha value is -2.96. The van der Waals surface area contributed by atoms with E-state index in [2.05, 4.69) is 27.1 Å². The number of hydrogen-bond donors (Lipinski definition) is 1. The molecule has 0 bridgehead atoms. The second kappa shape index (κ2) is 8.65. The fourth-order valence-electron chi connectivity index (χ4n) is 4.35. The van der Waals surface area contributed by atoms with Crippen LogP contribution in [0.15, 0.2) is 48.8 Å². The van der Waals surface area contributed by atoms with E-state index in [4.69, 9.17) is 0 Å². The maximum atomic E-state index is 12.7. The zero-order valence-electron chi connectivity index (χ0n) is 17.2. The van der Waals surface area contributed by atoms with Gasteiger partial charge in [0.05, 0.1) is 11.9 Å². The van der Waals surface area contributed by atoms with Crippen LogP contribution in [0.4, 0.5) is 13.2 Å². The monoisotopic (exact) mass is 427 g/mol. The van der Waals surface area contributed by atoms with Gasteiger partial charge in [-0.2, -0.15) is 13.2 Å². The number of alkyl halides is 3. The van der Waals surface area contributed by atoms with E-state index in [0.717, 1.165) is 43.1 Å². The Morgan fingerprint density at radius 1 is 0.968 bits per heavy atom. The number of nitrogens with one attached hydrogen (secondary N) is 1. The zero-order chi connectivity index (χ0) is 22.0. The molecule has 162 valence electrons. The van der Waals surface area contributed by atoms with E-state index in [9.17, 15) is 18.0 Å². The summed E-state index contributed by atoms with van der Waals surface area (Å²) in [7, 11) is 0. The number of nitrogens with zero attached hydrogens (tertiary/aromatic N) is 2. The molecule has 3 aromatic rings. The summed E-state index contributed by atoms with van der Waals surface area (Å²) in [5.74, 6) is 1.47. The third kappa shape index (κ3) is 5.03. The molecule has 0 spiro atoms. The van der Waals surface area contributed by atoms with Gasteiger partial charge in [-0.25, -0.2) is 4.98 Å². The van der Waals surface area contributed by atoms with Crippen LogP contribution < -0.4 is 0 Å². The summed E-state index contributed by atoms with van der Waals surface area (Å²) in [5.41, 5.74) is 2.63. The van der Waals surface area contributed by atoms with Gasteiger partial charge in [0.15, 0.2) is 0 Å². The first-order valence-electron chi connectivity index (χ1n) is 10.5. The summed E-state index contributed by atoms with van der Waals surface area (Å²) < 4.78 is 38.2. The van der Waals surface area contributed by atoms with Crippen molar-refractivity contribution >= 4 is 5.78 Å². The fraction of sp³-hybridized carbons (Fsp3) is 0.375. The highest BCUT2D eigenvalue weighted by molar-refractivity contribution is 5.75. The van der Waals surface area contributed by atoms with Crippen molar-refractivity contribution in [3.05, 3.63) is 60.0 Å². The Balaban J connectivity index is 1.41. The van der Waals surface area contributed by atoms with Crippen LogP contribution in [0.1, 0.15) is 56.2 Å². The van der Waals surface area contributed by atoms with Crippen molar-refractivity contribution in [2.45, 2.75) is 51.1 Å². The van der Waals surface area contributed by atoms with Crippen LogP contribution in [0.3, 0.4) is 0 Å². The standard InChI is InChI=1S/C24H24F3N3O/c1-15(31)12-16-2-4-17(5-3-16)18-6-8-19(9-7-18)21-11-10-20(13-28-21)23-29-14-22(30-23)24(25,26)27/h6-11,13-14,16-17H,2-5,12H2,1H3,(H,29,30). The SMILES string of the molecule is CC(=O)CC1CCC(c2ccc(-c3ccc(-c4ncc(C(F)(F)F)[nH]4)cn3)cc2)CC1. The van der Waals surface area contributed by atoms with Crippen molar-refractivity contribution in [2.75, 3.05) is 0 Å². The lowest BCUT2D eigenvalue weighted by Crippen LogP contribution is -2.15. The Morgan fingerprint density at radius 2 is 1.65 bits per heavy atom. The number of aromatic amines is 1. The summed E-state index contributed by atoms with van der Waals surface area (Å²) in [6, 6.07) is 11.8. The largest absolute Gasteiger partial charge is 0.432 e. The van der Waals surface area contributed by atoms with Gasteiger partial charge in [0.25, 0.3) is 0 Å². The molecule has 4 nitrogen and oxygen atoms in total. The fourth-order valence-corrected chi connectivity index (χ4v) is 4.35. The van der Waals surface area contributed by atoms with E-state index in [1.54, 1.807) is 19.1 Å². The molecule has 0 radical (unpaired) electrons. The summed E-state index contributed by atoms with van der Waals surface area (Å²) in [4.78, 5) is 21.8. The van der Waals surface area contributed by atoms with Gasteiger partial charge in [0.2, 0.25) is 0 Å². The average Bonchev–Trinajstić information content (AvgIpc) is 3.25. The van der Waals surface area contributed by atoms with Crippen molar-refractivity contribution in [3.8, 4) is 22.6 Å². The minimum Gasteiger partial charge on any atom is -0.334 e. The van der Waals surface area contributed by atoms with Crippen LogP contribution in [-0.2, 0) is 11.0 Å². The van der Waals surface area contributed by atoms with E-state index in [-0.39, 0.29) is 11.6 Å². The molecule has 1 saturated carbocycles. The van der Waals surface area contributed by atoms with Gasteiger partial charge >= 0.3 is 6.18 Å². The van der Waals surface area contributed by atoms with Crippen LogP contribution in [0.5, 0.6) is 0 Å². The molecule has 0 amide bonds. The maximum absolute atomic E-state index is 12.7. The van der Waals surface area contributed by atoms with Crippen LogP contribution in [-0.4, -0.2) is 20.7 Å². The van der Waals surface area contributed by atoms with E-state index >= 15 is 0 Å². The number of imidazole rings is 1. The molecular weight excluding hydrogens is 403 g/mol. The number of halogens is 3. The molecule has 1 aliphatic carbocycles. The Labute approximate surface area is 178 Å². The van der Waals surface area contributed by atoms with Crippen LogP contribution in [0.2, 0.25) is 0 Å². The molecule has 31 heavy (non-hydrogen) atoms. The first kappa shape index (κ1) is 21.3. The third-order valence-electron chi connectivity index (χ3n) is 6.02. The quantitative estimate of drug-likeness (QED) is 0.512. The van der Waals surface area contributed by atoms with Gasteiger partial charge in [0, 0.05) is 23.7 Å². The smallest absolute Gasteiger partial charge is 0.334 e. The molecule has 2 aromatic heterocycles. The summed E-state index contributed by atoms with van der Waals surface area (Å²) >= 11 is 0. The maximum Gasteiger partial charge on any atom is 0.432 e. The molecule has 1 fully saturated rings. The van der Waals surface area contributed by atoms with Gasteiger partial charge in [-0.1, -0.05) is 24.3 Å². The lowest BCUT2D eigenvalue weighted by molar-refractivity contribution is -0.140. The number of aromatic nitrogens is 3. The number of Topliss-reactive ketones (excluding diaryl/α,β-unsaturated/α-hetero) is 1. The van der Waals surface area contributed by atoms with Gasteiger partial charge in [-0.3, -0.25) is 4.98 Å². The van der Waals surface area contributed by atoms with E-state index < -0.39 is 11.9 Å². The Bertz CT molecular complexity index is 1030. The highest BCUT2D eigenvalue weighted by Crippen LogP contribution is 2.37. The Morgan fingerprint density at radius 3 is 2.19 bits per heavy atom. The normalized spacial score (nSPS) is 19.4. The van der Waals surface area contributed by atoms with Crippen molar-refractivity contribution in [2.24, 2.45) is 5.92 Å². The summed E-state index contributed by atoms with van der Waals surface area (Å²) in [6.45, 7) is 1.67. The molecule has 0 saturated heterocycles. The number of hydrogen-bond acceptors (Lipinski definition) is 3. The van der Waals surface area contributed by atoms with Gasteiger partial charge in [0.1, 0.15) is 17.3 Å². The molecule has 0 atom stereocenters. The van der Waals surface area contributed by atoms with Crippen LogP contribution in [0, 0.1) is 5.92 Å². The van der Waals surface area contributed by atoms with E-state index in [1.807, 2.05) is 12.1 Å². The molecule has 2 heterocycles.